The molecular weight excluding hydrogens is 258 g/mol. The number of rotatable bonds is 6. The largest absolute Gasteiger partial charge is 0.331 e. The fourth-order valence-electron chi connectivity index (χ4n) is 1.96. The fraction of sp³-hybridized carbons (Fsp3) is 0.632. The lowest BCUT2D eigenvalue weighted by Crippen LogP contribution is -2.45. The van der Waals surface area contributed by atoms with Crippen molar-refractivity contribution >= 4 is 5.91 Å². The van der Waals surface area contributed by atoms with Crippen molar-refractivity contribution in [3.63, 3.8) is 0 Å². The number of carbonyl (C=O) groups excluding carboxylic acids is 1. The number of amides is 1. The van der Waals surface area contributed by atoms with Crippen molar-refractivity contribution in [2.75, 3.05) is 6.54 Å². The Kier molecular flexibility index (Phi) is 8.31. The molecule has 0 aliphatic rings. The summed E-state index contributed by atoms with van der Waals surface area (Å²) >= 11 is 0. The molecular formula is C19H33NO. The lowest BCUT2D eigenvalue weighted by atomic mass is 10.0. The van der Waals surface area contributed by atoms with Gasteiger partial charge in [-0.2, -0.15) is 0 Å². The molecule has 0 N–H and O–H groups in total. The van der Waals surface area contributed by atoms with Gasteiger partial charge in [0.15, 0.2) is 0 Å². The fourth-order valence-corrected chi connectivity index (χ4v) is 1.96. The smallest absolute Gasteiger partial charge is 0.247 e. The van der Waals surface area contributed by atoms with Gasteiger partial charge in [-0.1, -0.05) is 28.9 Å². The molecule has 0 aromatic carbocycles. The normalized spacial score (nSPS) is 11.9. The predicted octanol–water partition coefficient (Wildman–Crippen LogP) is 5.27. The molecule has 0 aromatic rings. The van der Waals surface area contributed by atoms with Crippen LogP contribution >= 0.6 is 0 Å². The summed E-state index contributed by atoms with van der Waals surface area (Å²) in [6, 6.07) is 0. The average Bonchev–Trinajstić information content (AvgIpc) is 2.25. The maximum absolute atomic E-state index is 12.3. The maximum Gasteiger partial charge on any atom is 0.247 e. The summed E-state index contributed by atoms with van der Waals surface area (Å²) in [5.74, 6) is 0.0934. The van der Waals surface area contributed by atoms with Crippen molar-refractivity contribution in [3.05, 3.63) is 34.9 Å². The molecule has 0 saturated heterocycles. The lowest BCUT2D eigenvalue weighted by Gasteiger charge is -2.34. The Morgan fingerprint density at radius 2 is 1.52 bits per heavy atom. The predicted molar refractivity (Wildman–Crippen MR) is 93.3 cm³/mol. The lowest BCUT2D eigenvalue weighted by molar-refractivity contribution is -0.129. The van der Waals surface area contributed by atoms with Crippen LogP contribution in [0, 0.1) is 0 Å². The highest BCUT2D eigenvalue weighted by Gasteiger charge is 2.23. The number of carbonyl (C=O) groups is 1. The Morgan fingerprint density at radius 3 is 1.95 bits per heavy atom. The summed E-state index contributed by atoms with van der Waals surface area (Å²) in [6.07, 6.45) is 8.29. The van der Waals surface area contributed by atoms with Gasteiger partial charge in [0.25, 0.3) is 0 Å². The minimum absolute atomic E-state index is 0.0934. The maximum atomic E-state index is 12.3. The highest BCUT2D eigenvalue weighted by atomic mass is 16.2. The minimum atomic E-state index is -0.167. The van der Waals surface area contributed by atoms with Crippen molar-refractivity contribution in [1.82, 2.24) is 4.90 Å². The van der Waals surface area contributed by atoms with Crippen LogP contribution in [0.15, 0.2) is 34.9 Å². The van der Waals surface area contributed by atoms with E-state index in [4.69, 9.17) is 0 Å². The van der Waals surface area contributed by atoms with Gasteiger partial charge < -0.3 is 4.90 Å². The summed E-state index contributed by atoms with van der Waals surface area (Å²) in [5.41, 5.74) is 3.57. The van der Waals surface area contributed by atoms with E-state index in [2.05, 4.69) is 53.7 Å². The second-order valence-electron chi connectivity index (χ2n) is 7.21. The zero-order valence-corrected chi connectivity index (χ0v) is 15.2. The highest BCUT2D eigenvalue weighted by Crippen LogP contribution is 2.16. The van der Waals surface area contributed by atoms with Crippen LogP contribution < -0.4 is 0 Å². The Hall–Kier alpha value is -1.31. The zero-order valence-electron chi connectivity index (χ0n) is 15.2. The van der Waals surface area contributed by atoms with E-state index >= 15 is 0 Å². The molecule has 21 heavy (non-hydrogen) atoms. The van der Waals surface area contributed by atoms with Gasteiger partial charge in [-0.05, 0) is 68.2 Å². The van der Waals surface area contributed by atoms with Crippen molar-refractivity contribution in [1.29, 1.82) is 0 Å². The third kappa shape index (κ3) is 9.28. The summed E-state index contributed by atoms with van der Waals surface area (Å²) < 4.78 is 0. The standard InChI is InChI=1S/C19H33NO/c1-15(2)10-9-11-17(5)12-13-20(19(6,7)8)18(21)14-16(3)4/h10,12,14H,9,11,13H2,1-8H3/b17-12-. The van der Waals surface area contributed by atoms with Gasteiger partial charge in [-0.3, -0.25) is 4.79 Å². The molecule has 0 heterocycles. The SMILES string of the molecule is CC(C)=CCC/C(C)=C\CN(C(=O)C=C(C)C)C(C)(C)C. The van der Waals surface area contributed by atoms with Crippen LogP contribution in [0.3, 0.4) is 0 Å². The van der Waals surface area contributed by atoms with Gasteiger partial charge in [0.05, 0.1) is 0 Å². The van der Waals surface area contributed by atoms with Crippen LogP contribution in [0.5, 0.6) is 0 Å². The van der Waals surface area contributed by atoms with E-state index < -0.39 is 0 Å². The average molecular weight is 291 g/mol. The second-order valence-corrected chi connectivity index (χ2v) is 7.21. The van der Waals surface area contributed by atoms with Crippen LogP contribution in [0.1, 0.15) is 68.2 Å². The monoisotopic (exact) mass is 291 g/mol. The number of allylic oxidation sites excluding steroid dienone is 4. The van der Waals surface area contributed by atoms with Crippen LogP contribution in [-0.2, 0) is 4.79 Å². The van der Waals surface area contributed by atoms with E-state index in [1.165, 1.54) is 11.1 Å². The highest BCUT2D eigenvalue weighted by molar-refractivity contribution is 5.88. The molecule has 0 fully saturated rings. The molecule has 0 saturated carbocycles. The van der Waals surface area contributed by atoms with Crippen molar-refractivity contribution in [2.24, 2.45) is 0 Å². The van der Waals surface area contributed by atoms with E-state index in [1.54, 1.807) is 6.08 Å². The molecule has 0 bridgehead atoms. The first-order valence-electron chi connectivity index (χ1n) is 7.79. The molecule has 0 rings (SSSR count). The first-order valence-corrected chi connectivity index (χ1v) is 7.79. The Labute approximate surface area is 131 Å². The third-order valence-electron chi connectivity index (χ3n) is 3.20. The summed E-state index contributed by atoms with van der Waals surface area (Å²) in [6.45, 7) is 17.2. The van der Waals surface area contributed by atoms with Crippen LogP contribution in [0.25, 0.3) is 0 Å². The Balaban J connectivity index is 4.81. The molecule has 2 nitrogen and oxygen atoms in total. The van der Waals surface area contributed by atoms with E-state index in [9.17, 15) is 4.79 Å². The van der Waals surface area contributed by atoms with E-state index in [1.807, 2.05) is 18.7 Å². The molecule has 0 spiro atoms. The third-order valence-corrected chi connectivity index (χ3v) is 3.20. The summed E-state index contributed by atoms with van der Waals surface area (Å²) in [4.78, 5) is 14.2. The topological polar surface area (TPSA) is 20.3 Å². The molecule has 0 radical (unpaired) electrons. The molecule has 0 aromatic heterocycles. The molecule has 1 amide bonds. The van der Waals surface area contributed by atoms with Gasteiger partial charge in [-0.25, -0.2) is 0 Å². The van der Waals surface area contributed by atoms with Crippen LogP contribution in [0.2, 0.25) is 0 Å². The van der Waals surface area contributed by atoms with Gasteiger partial charge >= 0.3 is 0 Å². The molecule has 0 aliphatic heterocycles. The first-order chi connectivity index (χ1) is 9.54. The van der Waals surface area contributed by atoms with E-state index in [0.29, 0.717) is 6.54 Å². The quantitative estimate of drug-likeness (QED) is 0.482. The van der Waals surface area contributed by atoms with Crippen LogP contribution in [-0.4, -0.2) is 22.9 Å². The molecule has 2 heteroatoms. The number of hydrogen-bond acceptors (Lipinski definition) is 1. The minimum Gasteiger partial charge on any atom is -0.331 e. The van der Waals surface area contributed by atoms with Crippen LogP contribution in [0.4, 0.5) is 0 Å². The van der Waals surface area contributed by atoms with Crippen molar-refractivity contribution in [2.45, 2.75) is 73.8 Å². The van der Waals surface area contributed by atoms with Crippen molar-refractivity contribution < 1.29 is 4.79 Å². The zero-order chi connectivity index (χ0) is 16.6. The van der Waals surface area contributed by atoms with Gasteiger partial charge in [0.2, 0.25) is 5.91 Å². The summed E-state index contributed by atoms with van der Waals surface area (Å²) in [7, 11) is 0. The molecule has 0 unspecified atom stereocenters. The Bertz CT molecular complexity index is 425. The summed E-state index contributed by atoms with van der Waals surface area (Å²) in [5, 5.41) is 0. The van der Waals surface area contributed by atoms with E-state index in [0.717, 1.165) is 18.4 Å². The van der Waals surface area contributed by atoms with Crippen molar-refractivity contribution in [3.8, 4) is 0 Å². The van der Waals surface area contributed by atoms with Gasteiger partial charge in [0, 0.05) is 18.2 Å². The number of hydrogen-bond donors (Lipinski definition) is 0. The first kappa shape index (κ1) is 19.7. The second kappa shape index (κ2) is 8.86. The Morgan fingerprint density at radius 1 is 0.952 bits per heavy atom. The van der Waals surface area contributed by atoms with E-state index in [-0.39, 0.29) is 11.4 Å². The van der Waals surface area contributed by atoms with Gasteiger partial charge in [-0.15, -0.1) is 0 Å². The molecule has 0 atom stereocenters. The van der Waals surface area contributed by atoms with Gasteiger partial charge in [0.1, 0.15) is 0 Å². The molecule has 0 aliphatic carbocycles. The number of nitrogens with zero attached hydrogens (tertiary/aromatic N) is 1. The molecule has 120 valence electrons.